The molecule has 1 aliphatic carbocycles. The second-order valence-corrected chi connectivity index (χ2v) is 7.24. The van der Waals surface area contributed by atoms with E-state index in [1.54, 1.807) is 0 Å². The van der Waals surface area contributed by atoms with Gasteiger partial charge in [-0.05, 0) is 59.2 Å². The molecule has 0 saturated carbocycles. The van der Waals surface area contributed by atoms with Gasteiger partial charge in [0.05, 0.1) is 5.92 Å². The highest BCUT2D eigenvalue weighted by molar-refractivity contribution is 6.08. The minimum atomic E-state index is -0.311. The van der Waals surface area contributed by atoms with Gasteiger partial charge in [-0.15, -0.1) is 0 Å². The summed E-state index contributed by atoms with van der Waals surface area (Å²) in [5.74, 6) is 0.159. The van der Waals surface area contributed by atoms with E-state index < -0.39 is 0 Å². The molecule has 132 valence electrons. The second kappa shape index (κ2) is 6.24. The predicted molar refractivity (Wildman–Crippen MR) is 107 cm³/mol. The molecule has 1 aliphatic heterocycles. The van der Waals surface area contributed by atoms with Crippen molar-refractivity contribution in [2.45, 2.75) is 19.8 Å². The normalized spacial score (nSPS) is 18.1. The Morgan fingerprint density at radius 3 is 1.89 bits per heavy atom. The lowest BCUT2D eigenvalue weighted by atomic mass is 9.80. The SMILES string of the molecule is C[C@H]1C(=O)Oc2ccccc2C1=C1c2ccccc2CCc2ccccc21. The van der Waals surface area contributed by atoms with Crippen LogP contribution in [0.25, 0.3) is 11.1 Å². The van der Waals surface area contributed by atoms with E-state index in [0.717, 1.165) is 24.0 Å². The quantitative estimate of drug-likeness (QED) is 0.405. The van der Waals surface area contributed by atoms with Crippen LogP contribution < -0.4 is 4.74 Å². The van der Waals surface area contributed by atoms with Crippen molar-refractivity contribution in [2.75, 3.05) is 0 Å². The molecule has 3 aromatic carbocycles. The molecule has 0 bridgehead atoms. The molecule has 5 rings (SSSR count). The summed E-state index contributed by atoms with van der Waals surface area (Å²) in [5.41, 5.74) is 8.40. The molecule has 27 heavy (non-hydrogen) atoms. The first-order valence-electron chi connectivity index (χ1n) is 9.46. The maximum absolute atomic E-state index is 12.7. The van der Waals surface area contributed by atoms with Gasteiger partial charge in [-0.1, -0.05) is 66.7 Å². The van der Waals surface area contributed by atoms with E-state index in [2.05, 4.69) is 54.6 Å². The molecule has 1 heterocycles. The van der Waals surface area contributed by atoms with Gasteiger partial charge in [0, 0.05) is 5.56 Å². The number of hydrogen-bond donors (Lipinski definition) is 0. The standard InChI is InChI=1S/C25H20O2/c1-16-23(21-12-6-7-13-22(21)27-25(16)26)24-19-10-4-2-8-17(19)14-15-18-9-3-5-11-20(18)24/h2-13,16H,14-15H2,1H3/t16-/m1/s1. The molecule has 2 aliphatic rings. The maximum Gasteiger partial charge on any atom is 0.318 e. The zero-order valence-corrected chi connectivity index (χ0v) is 15.2. The molecular weight excluding hydrogens is 332 g/mol. The van der Waals surface area contributed by atoms with Crippen molar-refractivity contribution < 1.29 is 9.53 Å². The summed E-state index contributed by atoms with van der Waals surface area (Å²) in [4.78, 5) is 12.7. The Morgan fingerprint density at radius 2 is 1.26 bits per heavy atom. The number of hydrogen-bond acceptors (Lipinski definition) is 2. The van der Waals surface area contributed by atoms with Gasteiger partial charge in [0.25, 0.3) is 0 Å². The predicted octanol–water partition coefficient (Wildman–Crippen LogP) is 5.30. The number of para-hydroxylation sites is 1. The maximum atomic E-state index is 12.7. The summed E-state index contributed by atoms with van der Waals surface area (Å²) in [6.07, 6.45) is 2.01. The Hall–Kier alpha value is -3.13. The highest BCUT2D eigenvalue weighted by atomic mass is 16.5. The molecule has 0 radical (unpaired) electrons. The minimum Gasteiger partial charge on any atom is -0.425 e. The van der Waals surface area contributed by atoms with Crippen LogP contribution in [-0.2, 0) is 17.6 Å². The summed E-state index contributed by atoms with van der Waals surface area (Å²) in [7, 11) is 0. The Labute approximate surface area is 159 Å². The highest BCUT2D eigenvalue weighted by Crippen LogP contribution is 2.46. The van der Waals surface area contributed by atoms with Gasteiger partial charge >= 0.3 is 5.97 Å². The molecule has 2 nitrogen and oxygen atoms in total. The molecule has 0 spiro atoms. The number of aryl methyl sites for hydroxylation is 2. The van der Waals surface area contributed by atoms with Crippen molar-refractivity contribution in [1.82, 2.24) is 0 Å². The molecular formula is C25H20O2. The Kier molecular flexibility index (Phi) is 3.71. The molecule has 0 N–H and O–H groups in total. The van der Waals surface area contributed by atoms with Gasteiger partial charge in [-0.25, -0.2) is 0 Å². The topological polar surface area (TPSA) is 26.3 Å². The van der Waals surface area contributed by atoms with Gasteiger partial charge in [-0.2, -0.15) is 0 Å². The summed E-state index contributed by atoms with van der Waals surface area (Å²) in [6, 6.07) is 25.1. The number of benzene rings is 3. The summed E-state index contributed by atoms with van der Waals surface area (Å²) < 4.78 is 5.60. The van der Waals surface area contributed by atoms with Gasteiger partial charge < -0.3 is 4.74 Å². The third-order valence-electron chi connectivity index (χ3n) is 5.68. The molecule has 0 fully saturated rings. The average molecular weight is 352 g/mol. The first-order valence-corrected chi connectivity index (χ1v) is 9.46. The van der Waals surface area contributed by atoms with Gasteiger partial charge in [0.2, 0.25) is 0 Å². The first kappa shape index (κ1) is 16.1. The van der Waals surface area contributed by atoms with E-state index in [-0.39, 0.29) is 11.9 Å². The van der Waals surface area contributed by atoms with E-state index in [4.69, 9.17) is 4.74 Å². The molecule has 0 aromatic heterocycles. The lowest BCUT2D eigenvalue weighted by Gasteiger charge is -2.28. The van der Waals surface area contributed by atoms with E-state index in [1.165, 1.54) is 27.8 Å². The number of carbonyl (C=O) groups excluding carboxylic acids is 1. The van der Waals surface area contributed by atoms with Crippen LogP contribution in [0.5, 0.6) is 5.75 Å². The van der Waals surface area contributed by atoms with Crippen LogP contribution in [0.3, 0.4) is 0 Å². The van der Waals surface area contributed by atoms with Crippen LogP contribution in [0.15, 0.2) is 72.8 Å². The van der Waals surface area contributed by atoms with Gasteiger partial charge in [-0.3, -0.25) is 4.79 Å². The Bertz CT molecular complexity index is 1040. The first-order chi connectivity index (χ1) is 13.2. The third-order valence-corrected chi connectivity index (χ3v) is 5.68. The van der Waals surface area contributed by atoms with Crippen molar-refractivity contribution in [2.24, 2.45) is 5.92 Å². The fourth-order valence-corrected chi connectivity index (χ4v) is 4.35. The van der Waals surface area contributed by atoms with E-state index >= 15 is 0 Å². The van der Waals surface area contributed by atoms with E-state index in [0.29, 0.717) is 5.75 Å². The fraction of sp³-hybridized carbons (Fsp3) is 0.160. The van der Waals surface area contributed by atoms with Crippen LogP contribution in [0, 0.1) is 5.92 Å². The van der Waals surface area contributed by atoms with Crippen molar-refractivity contribution in [3.05, 3.63) is 101 Å². The van der Waals surface area contributed by atoms with Crippen LogP contribution in [0.1, 0.15) is 34.7 Å². The van der Waals surface area contributed by atoms with Crippen LogP contribution in [-0.4, -0.2) is 5.97 Å². The van der Waals surface area contributed by atoms with E-state index in [1.807, 2.05) is 25.1 Å². The number of fused-ring (bicyclic) bond motifs is 3. The molecule has 0 unspecified atom stereocenters. The highest BCUT2D eigenvalue weighted by Gasteiger charge is 2.34. The second-order valence-electron chi connectivity index (χ2n) is 7.24. The van der Waals surface area contributed by atoms with Gasteiger partial charge in [0.1, 0.15) is 5.75 Å². The molecule has 3 aromatic rings. The minimum absolute atomic E-state index is 0.185. The lowest BCUT2D eigenvalue weighted by Crippen LogP contribution is -2.25. The van der Waals surface area contributed by atoms with Crippen LogP contribution >= 0.6 is 0 Å². The molecule has 1 atom stereocenters. The third kappa shape index (κ3) is 2.52. The summed E-state index contributed by atoms with van der Waals surface area (Å²) in [5, 5.41) is 0. The van der Waals surface area contributed by atoms with Gasteiger partial charge in [0.15, 0.2) is 0 Å². The largest absolute Gasteiger partial charge is 0.425 e. The van der Waals surface area contributed by atoms with Crippen molar-refractivity contribution in [3.8, 4) is 5.75 Å². The van der Waals surface area contributed by atoms with Crippen LogP contribution in [0.2, 0.25) is 0 Å². The smallest absolute Gasteiger partial charge is 0.318 e. The number of esters is 1. The average Bonchev–Trinajstić information content (AvgIpc) is 2.86. The monoisotopic (exact) mass is 352 g/mol. The zero-order chi connectivity index (χ0) is 18.4. The summed E-state index contributed by atoms with van der Waals surface area (Å²) >= 11 is 0. The van der Waals surface area contributed by atoms with Crippen molar-refractivity contribution >= 4 is 17.1 Å². The summed E-state index contributed by atoms with van der Waals surface area (Å²) in [6.45, 7) is 1.96. The number of carbonyl (C=O) groups is 1. The number of ether oxygens (including phenoxy) is 1. The van der Waals surface area contributed by atoms with Crippen LogP contribution in [0.4, 0.5) is 0 Å². The number of rotatable bonds is 0. The zero-order valence-electron chi connectivity index (χ0n) is 15.2. The molecule has 0 amide bonds. The Balaban J connectivity index is 1.93. The molecule has 0 saturated heterocycles. The van der Waals surface area contributed by atoms with Crippen molar-refractivity contribution in [1.29, 1.82) is 0 Å². The Morgan fingerprint density at radius 1 is 0.741 bits per heavy atom. The van der Waals surface area contributed by atoms with E-state index in [9.17, 15) is 4.79 Å². The van der Waals surface area contributed by atoms with Crippen molar-refractivity contribution in [3.63, 3.8) is 0 Å². The lowest BCUT2D eigenvalue weighted by molar-refractivity contribution is -0.137. The molecule has 2 heteroatoms. The fourth-order valence-electron chi connectivity index (χ4n) is 4.35.